The Kier molecular flexibility index (Phi) is 5.74. The van der Waals surface area contributed by atoms with Crippen molar-refractivity contribution in [2.24, 2.45) is 0 Å². The maximum absolute atomic E-state index is 14.0. The number of sulfone groups is 1. The van der Waals surface area contributed by atoms with Crippen molar-refractivity contribution in [2.45, 2.75) is 17.9 Å². The first-order valence-electron chi connectivity index (χ1n) is 7.28. The van der Waals surface area contributed by atoms with Crippen LogP contribution in [0.15, 0.2) is 53.4 Å². The van der Waals surface area contributed by atoms with E-state index in [1.807, 2.05) is 0 Å². The van der Waals surface area contributed by atoms with Gasteiger partial charge in [0.05, 0.1) is 17.8 Å². The van der Waals surface area contributed by atoms with Crippen LogP contribution in [0, 0.1) is 5.82 Å². The summed E-state index contributed by atoms with van der Waals surface area (Å²) in [7, 11) is -1.86. The lowest BCUT2D eigenvalue weighted by atomic mass is 10.1. The monoisotopic (exact) mass is 337 g/mol. The molecule has 4 nitrogen and oxygen atoms in total. The summed E-state index contributed by atoms with van der Waals surface area (Å²) in [4.78, 5) is 0.296. The molecule has 0 fully saturated rings. The number of benzene rings is 2. The molecule has 0 bridgehead atoms. The zero-order chi connectivity index (χ0) is 16.9. The fourth-order valence-corrected chi connectivity index (χ4v) is 3.45. The molecular weight excluding hydrogens is 317 g/mol. The Morgan fingerprint density at radius 2 is 1.87 bits per heavy atom. The van der Waals surface area contributed by atoms with Crippen molar-refractivity contribution in [2.75, 3.05) is 19.4 Å². The van der Waals surface area contributed by atoms with Crippen LogP contribution in [-0.4, -0.2) is 27.8 Å². The van der Waals surface area contributed by atoms with Crippen molar-refractivity contribution in [1.29, 1.82) is 0 Å². The van der Waals surface area contributed by atoms with Gasteiger partial charge < -0.3 is 10.1 Å². The minimum absolute atomic E-state index is 0.0425. The van der Waals surface area contributed by atoms with Crippen molar-refractivity contribution >= 4 is 9.84 Å². The van der Waals surface area contributed by atoms with Gasteiger partial charge in [-0.2, -0.15) is 0 Å². The second-order valence-electron chi connectivity index (χ2n) is 5.20. The van der Waals surface area contributed by atoms with Gasteiger partial charge >= 0.3 is 0 Å². The largest absolute Gasteiger partial charge is 0.497 e. The zero-order valence-corrected chi connectivity index (χ0v) is 13.9. The smallest absolute Gasteiger partial charge is 0.179 e. The van der Waals surface area contributed by atoms with Crippen LogP contribution in [-0.2, 0) is 9.84 Å². The predicted molar refractivity (Wildman–Crippen MR) is 87.9 cm³/mol. The van der Waals surface area contributed by atoms with Crippen LogP contribution in [0.2, 0.25) is 0 Å². The average molecular weight is 337 g/mol. The minimum Gasteiger partial charge on any atom is -0.497 e. The Balaban J connectivity index is 1.96. The lowest BCUT2D eigenvalue weighted by Gasteiger charge is -2.15. The summed E-state index contributed by atoms with van der Waals surface area (Å²) in [6.45, 7) is 2.03. The fourth-order valence-electron chi connectivity index (χ4n) is 2.25. The number of nitrogens with one attached hydrogen (secondary N) is 1. The third-order valence-electron chi connectivity index (χ3n) is 3.60. The van der Waals surface area contributed by atoms with E-state index in [4.69, 9.17) is 4.74 Å². The van der Waals surface area contributed by atoms with Gasteiger partial charge in [-0.1, -0.05) is 24.3 Å². The number of hydrogen-bond acceptors (Lipinski definition) is 4. The van der Waals surface area contributed by atoms with E-state index in [0.29, 0.717) is 16.2 Å². The Hall–Kier alpha value is -1.92. The van der Waals surface area contributed by atoms with Crippen LogP contribution in [0.3, 0.4) is 0 Å². The molecule has 0 saturated carbocycles. The van der Waals surface area contributed by atoms with Gasteiger partial charge in [0.15, 0.2) is 9.84 Å². The molecule has 0 aliphatic rings. The highest BCUT2D eigenvalue weighted by Crippen LogP contribution is 2.21. The summed E-state index contributed by atoms with van der Waals surface area (Å²) in [5.41, 5.74) is 0.475. The second-order valence-corrected chi connectivity index (χ2v) is 7.30. The van der Waals surface area contributed by atoms with E-state index in [0.717, 1.165) is 0 Å². The number of methoxy groups -OCH3 is 1. The van der Waals surface area contributed by atoms with E-state index in [1.165, 1.54) is 13.2 Å². The lowest BCUT2D eigenvalue weighted by molar-refractivity contribution is 0.409. The number of halogens is 1. The normalized spacial score (nSPS) is 12.8. The summed E-state index contributed by atoms with van der Waals surface area (Å²) >= 11 is 0. The van der Waals surface area contributed by atoms with Gasteiger partial charge in [-0.15, -0.1) is 0 Å². The molecule has 0 aromatic heterocycles. The Morgan fingerprint density at radius 3 is 2.48 bits per heavy atom. The highest BCUT2D eigenvalue weighted by atomic mass is 32.2. The van der Waals surface area contributed by atoms with Crippen LogP contribution in [0.5, 0.6) is 5.75 Å². The molecule has 0 saturated heterocycles. The average Bonchev–Trinajstić information content (AvgIpc) is 2.55. The summed E-state index contributed by atoms with van der Waals surface area (Å²) < 4.78 is 43.3. The highest BCUT2D eigenvalue weighted by molar-refractivity contribution is 7.91. The molecule has 1 N–H and O–H groups in total. The third-order valence-corrected chi connectivity index (χ3v) is 5.33. The molecule has 6 heteroatoms. The minimum atomic E-state index is -3.34. The lowest BCUT2D eigenvalue weighted by Crippen LogP contribution is -2.26. The first-order chi connectivity index (χ1) is 10.9. The molecule has 124 valence electrons. The Bertz CT molecular complexity index is 748. The number of hydrogen-bond donors (Lipinski definition) is 1. The first-order valence-corrected chi connectivity index (χ1v) is 8.94. The van der Waals surface area contributed by atoms with Crippen molar-refractivity contribution in [3.8, 4) is 5.75 Å². The number of rotatable bonds is 7. The van der Waals surface area contributed by atoms with Gasteiger partial charge in [0.25, 0.3) is 0 Å². The molecule has 0 amide bonds. The molecule has 0 unspecified atom stereocenters. The summed E-state index contributed by atoms with van der Waals surface area (Å²) in [5.74, 6) is 0.0273. The van der Waals surface area contributed by atoms with Crippen LogP contribution < -0.4 is 10.1 Å². The van der Waals surface area contributed by atoms with Gasteiger partial charge in [-0.3, -0.25) is 0 Å². The SMILES string of the molecule is COc1ccc([C@H](C)NCCS(=O)(=O)c2ccccc2)c(F)c1. The maximum atomic E-state index is 14.0. The molecule has 1 atom stereocenters. The van der Waals surface area contributed by atoms with Gasteiger partial charge in [0.2, 0.25) is 0 Å². The highest BCUT2D eigenvalue weighted by Gasteiger charge is 2.16. The van der Waals surface area contributed by atoms with Gasteiger partial charge in [-0.25, -0.2) is 12.8 Å². The van der Waals surface area contributed by atoms with E-state index in [1.54, 1.807) is 49.4 Å². The Morgan fingerprint density at radius 1 is 1.17 bits per heavy atom. The Labute approximate surface area is 136 Å². The quantitative estimate of drug-likeness (QED) is 0.844. The van der Waals surface area contributed by atoms with Crippen LogP contribution in [0.25, 0.3) is 0 Å². The van der Waals surface area contributed by atoms with Gasteiger partial charge in [0, 0.05) is 24.2 Å². The van der Waals surface area contributed by atoms with Crippen LogP contribution in [0.1, 0.15) is 18.5 Å². The van der Waals surface area contributed by atoms with Crippen LogP contribution >= 0.6 is 0 Å². The molecule has 0 spiro atoms. The van der Waals surface area contributed by atoms with E-state index in [2.05, 4.69) is 5.32 Å². The molecule has 0 radical (unpaired) electrons. The van der Waals surface area contributed by atoms with Crippen LogP contribution in [0.4, 0.5) is 4.39 Å². The van der Waals surface area contributed by atoms with E-state index >= 15 is 0 Å². The van der Waals surface area contributed by atoms with Gasteiger partial charge in [-0.05, 0) is 25.1 Å². The third kappa shape index (κ3) is 4.53. The summed E-state index contributed by atoms with van der Waals surface area (Å²) in [5, 5.41) is 3.04. The molecule has 23 heavy (non-hydrogen) atoms. The molecule has 2 aromatic rings. The number of ether oxygens (including phenoxy) is 1. The van der Waals surface area contributed by atoms with Crippen molar-refractivity contribution in [1.82, 2.24) is 5.32 Å². The molecule has 0 aliphatic heterocycles. The van der Waals surface area contributed by atoms with Crippen molar-refractivity contribution < 1.29 is 17.5 Å². The topological polar surface area (TPSA) is 55.4 Å². The van der Waals surface area contributed by atoms with E-state index in [9.17, 15) is 12.8 Å². The fraction of sp³-hybridized carbons (Fsp3) is 0.294. The molecular formula is C17H20FNO3S. The van der Waals surface area contributed by atoms with E-state index in [-0.39, 0.29) is 24.2 Å². The zero-order valence-electron chi connectivity index (χ0n) is 13.1. The predicted octanol–water partition coefficient (Wildman–Crippen LogP) is 2.96. The molecule has 2 aromatic carbocycles. The van der Waals surface area contributed by atoms with Gasteiger partial charge in [0.1, 0.15) is 11.6 Å². The second kappa shape index (κ2) is 7.57. The van der Waals surface area contributed by atoms with Crippen molar-refractivity contribution in [3.05, 3.63) is 59.9 Å². The van der Waals surface area contributed by atoms with E-state index < -0.39 is 9.84 Å². The summed E-state index contributed by atoms with van der Waals surface area (Å²) in [6, 6.07) is 12.6. The molecule has 2 rings (SSSR count). The maximum Gasteiger partial charge on any atom is 0.179 e. The molecule has 0 aliphatic carbocycles. The standard InChI is InChI=1S/C17H20FNO3S/c1-13(16-9-8-14(22-2)12-17(16)18)19-10-11-23(20,21)15-6-4-3-5-7-15/h3-9,12-13,19H,10-11H2,1-2H3/t13-/m0/s1. The first kappa shape index (κ1) is 17.4. The summed E-state index contributed by atoms with van der Waals surface area (Å²) in [6.07, 6.45) is 0. The molecule has 0 heterocycles. The van der Waals surface area contributed by atoms with Crippen molar-refractivity contribution in [3.63, 3.8) is 0 Å².